The first-order valence-electron chi connectivity index (χ1n) is 7.95. The van der Waals surface area contributed by atoms with E-state index in [4.69, 9.17) is 23.2 Å². The van der Waals surface area contributed by atoms with Gasteiger partial charge in [0, 0.05) is 5.69 Å². The summed E-state index contributed by atoms with van der Waals surface area (Å²) in [4.78, 5) is 24.1. The Bertz CT molecular complexity index is 947. The lowest BCUT2D eigenvalue weighted by atomic mass is 10.1. The van der Waals surface area contributed by atoms with Gasteiger partial charge in [0.15, 0.2) is 0 Å². The second kappa shape index (κ2) is 7.25. The van der Waals surface area contributed by atoms with Crippen LogP contribution in [0.15, 0.2) is 42.5 Å². The molecule has 1 unspecified atom stereocenters. The third-order valence-corrected chi connectivity index (χ3v) is 4.94. The summed E-state index contributed by atoms with van der Waals surface area (Å²) in [7, 11) is 0. The molecule has 3 rings (SSSR count). The molecule has 0 bridgehead atoms. The average molecular weight is 435 g/mol. The Morgan fingerprint density at radius 3 is 2.29 bits per heavy atom. The highest BCUT2D eigenvalue weighted by atomic mass is 35.5. The number of anilines is 2. The van der Waals surface area contributed by atoms with E-state index >= 15 is 0 Å². The topological polar surface area (TPSA) is 58.2 Å². The van der Waals surface area contributed by atoms with Crippen LogP contribution >= 0.6 is 23.2 Å². The molecule has 1 fully saturated rings. The minimum Gasteiger partial charge on any atom is -0.325 e. The molecule has 28 heavy (non-hydrogen) atoms. The Hall–Kier alpha value is -2.32. The van der Waals surface area contributed by atoms with E-state index in [0.29, 0.717) is 6.07 Å². The van der Waals surface area contributed by atoms with Gasteiger partial charge < -0.3 is 10.6 Å². The third kappa shape index (κ3) is 4.39. The maximum absolute atomic E-state index is 13.7. The number of halogens is 6. The number of rotatable bonds is 4. The molecule has 2 N–H and O–H groups in total. The quantitative estimate of drug-likeness (QED) is 0.511. The minimum atomic E-state index is -4.82. The first kappa shape index (κ1) is 20.4. The zero-order valence-corrected chi connectivity index (χ0v) is 15.4. The predicted octanol–water partition coefficient (Wildman–Crippen LogP) is 5.23. The molecular formula is C18H12Cl2F4N2O2. The van der Waals surface area contributed by atoms with Gasteiger partial charge >= 0.3 is 6.18 Å². The van der Waals surface area contributed by atoms with Crippen LogP contribution < -0.4 is 10.6 Å². The van der Waals surface area contributed by atoms with Crippen LogP contribution in [0.1, 0.15) is 22.3 Å². The lowest BCUT2D eigenvalue weighted by Crippen LogP contribution is -2.20. The van der Waals surface area contributed by atoms with E-state index in [-0.39, 0.29) is 17.7 Å². The number of carbonyl (C=O) groups is 2. The highest BCUT2D eigenvalue weighted by molar-refractivity contribution is 6.52. The standard InChI is InChI=1S/C18H12Cl2F4N2O2/c19-17(20)8-12(17)16(28)26-14-6-5-9(7-11(14)18(22,23)24)25-15(27)10-3-1-2-4-13(10)21/h1-7,12H,8H2,(H,25,27)(H,26,28). The van der Waals surface area contributed by atoms with Gasteiger partial charge in [-0.05, 0) is 36.8 Å². The molecule has 0 saturated heterocycles. The average Bonchev–Trinajstić information content (AvgIpc) is 3.24. The van der Waals surface area contributed by atoms with Crippen LogP contribution in [-0.2, 0) is 11.0 Å². The molecule has 2 aromatic rings. The monoisotopic (exact) mass is 434 g/mol. The summed E-state index contributed by atoms with van der Waals surface area (Å²) in [5, 5.41) is 4.36. The number of benzene rings is 2. The highest BCUT2D eigenvalue weighted by Crippen LogP contribution is 2.53. The number of alkyl halides is 5. The summed E-state index contributed by atoms with van der Waals surface area (Å²) >= 11 is 11.5. The van der Waals surface area contributed by atoms with Crippen LogP contribution in [0.5, 0.6) is 0 Å². The molecule has 0 aliphatic heterocycles. The largest absolute Gasteiger partial charge is 0.418 e. The Morgan fingerprint density at radius 1 is 1.07 bits per heavy atom. The summed E-state index contributed by atoms with van der Waals surface area (Å²) in [5.74, 6) is -3.26. The van der Waals surface area contributed by atoms with Gasteiger partial charge in [-0.15, -0.1) is 23.2 Å². The first-order valence-corrected chi connectivity index (χ1v) is 8.70. The number of hydrogen-bond donors (Lipinski definition) is 2. The van der Waals surface area contributed by atoms with Crippen molar-refractivity contribution in [3.8, 4) is 0 Å². The van der Waals surface area contributed by atoms with Gasteiger partial charge in [-0.2, -0.15) is 13.2 Å². The second-order valence-electron chi connectivity index (χ2n) is 6.20. The molecule has 1 aliphatic rings. The zero-order chi connectivity index (χ0) is 20.7. The van der Waals surface area contributed by atoms with Crippen molar-refractivity contribution in [2.45, 2.75) is 16.9 Å². The molecule has 10 heteroatoms. The molecule has 0 aromatic heterocycles. The zero-order valence-electron chi connectivity index (χ0n) is 13.9. The lowest BCUT2D eigenvalue weighted by Gasteiger charge is -2.16. The van der Waals surface area contributed by atoms with Crippen LogP contribution in [0.3, 0.4) is 0 Å². The number of carbonyl (C=O) groups excluding carboxylic acids is 2. The Balaban J connectivity index is 1.84. The predicted molar refractivity (Wildman–Crippen MR) is 97.0 cm³/mol. The minimum absolute atomic E-state index is 0.139. The van der Waals surface area contributed by atoms with Gasteiger partial charge in [0.1, 0.15) is 10.2 Å². The maximum Gasteiger partial charge on any atom is 0.418 e. The van der Waals surface area contributed by atoms with Crippen molar-refractivity contribution in [3.63, 3.8) is 0 Å². The summed E-state index contributed by atoms with van der Waals surface area (Å²) in [6.07, 6.45) is -4.68. The fourth-order valence-electron chi connectivity index (χ4n) is 2.53. The summed E-state index contributed by atoms with van der Waals surface area (Å²) < 4.78 is 52.6. The third-order valence-electron chi connectivity index (χ3n) is 4.10. The van der Waals surface area contributed by atoms with E-state index in [9.17, 15) is 27.2 Å². The van der Waals surface area contributed by atoms with E-state index in [1.165, 1.54) is 18.2 Å². The summed E-state index contributed by atoms with van der Waals surface area (Å²) in [5.41, 5.74) is -2.21. The smallest absolute Gasteiger partial charge is 0.325 e. The molecule has 1 aliphatic carbocycles. The normalized spacial score (nSPS) is 17.7. The number of hydrogen-bond acceptors (Lipinski definition) is 2. The van der Waals surface area contributed by atoms with E-state index in [2.05, 4.69) is 10.6 Å². The SMILES string of the molecule is O=C(Nc1ccc(NC(=O)C2CC2(Cl)Cl)c(C(F)(F)F)c1)c1ccccc1F. The van der Waals surface area contributed by atoms with Crippen LogP contribution in [0.25, 0.3) is 0 Å². The lowest BCUT2D eigenvalue weighted by molar-refractivity contribution is -0.136. The Morgan fingerprint density at radius 2 is 1.71 bits per heavy atom. The summed E-state index contributed by atoms with van der Waals surface area (Å²) in [6.45, 7) is 0. The Kier molecular flexibility index (Phi) is 5.29. The number of amides is 2. The molecule has 148 valence electrons. The second-order valence-corrected chi connectivity index (χ2v) is 7.74. The molecule has 0 radical (unpaired) electrons. The Labute approximate surface area is 166 Å². The molecule has 1 saturated carbocycles. The molecule has 2 aromatic carbocycles. The van der Waals surface area contributed by atoms with E-state index in [0.717, 1.165) is 18.2 Å². The van der Waals surface area contributed by atoms with Gasteiger partial charge in [0.2, 0.25) is 5.91 Å². The van der Waals surface area contributed by atoms with Crippen molar-refractivity contribution in [2.24, 2.45) is 5.92 Å². The first-order chi connectivity index (χ1) is 13.0. The molecule has 2 amide bonds. The fourth-order valence-corrected chi connectivity index (χ4v) is 3.03. The fraction of sp³-hybridized carbons (Fsp3) is 0.222. The van der Waals surface area contributed by atoms with Crippen LogP contribution in [0, 0.1) is 11.7 Å². The van der Waals surface area contributed by atoms with Gasteiger partial charge in [-0.3, -0.25) is 9.59 Å². The van der Waals surface area contributed by atoms with Crippen molar-refractivity contribution in [1.29, 1.82) is 0 Å². The van der Waals surface area contributed by atoms with E-state index in [1.807, 2.05) is 0 Å². The van der Waals surface area contributed by atoms with E-state index < -0.39 is 45.3 Å². The van der Waals surface area contributed by atoms with Crippen LogP contribution in [0.4, 0.5) is 28.9 Å². The van der Waals surface area contributed by atoms with Crippen molar-refractivity contribution in [3.05, 3.63) is 59.4 Å². The molecule has 1 atom stereocenters. The molecular weight excluding hydrogens is 423 g/mol. The maximum atomic E-state index is 13.7. The number of nitrogens with one attached hydrogen (secondary N) is 2. The van der Waals surface area contributed by atoms with E-state index in [1.54, 1.807) is 0 Å². The van der Waals surface area contributed by atoms with Crippen molar-refractivity contribution < 1.29 is 27.2 Å². The molecule has 0 spiro atoms. The molecule has 0 heterocycles. The summed E-state index contributed by atoms with van der Waals surface area (Å²) in [6, 6.07) is 7.85. The van der Waals surface area contributed by atoms with Gasteiger partial charge in [0.25, 0.3) is 5.91 Å². The highest BCUT2D eigenvalue weighted by Gasteiger charge is 2.56. The van der Waals surface area contributed by atoms with Crippen molar-refractivity contribution >= 4 is 46.4 Å². The van der Waals surface area contributed by atoms with Crippen LogP contribution in [0.2, 0.25) is 0 Å². The van der Waals surface area contributed by atoms with Gasteiger partial charge in [-0.25, -0.2) is 4.39 Å². The molecule has 4 nitrogen and oxygen atoms in total. The van der Waals surface area contributed by atoms with Crippen molar-refractivity contribution in [2.75, 3.05) is 10.6 Å². The van der Waals surface area contributed by atoms with Gasteiger partial charge in [0.05, 0.1) is 22.7 Å². The van der Waals surface area contributed by atoms with Crippen LogP contribution in [-0.4, -0.2) is 16.1 Å². The van der Waals surface area contributed by atoms with Gasteiger partial charge in [-0.1, -0.05) is 12.1 Å². The van der Waals surface area contributed by atoms with Crippen molar-refractivity contribution in [1.82, 2.24) is 0 Å².